The first-order valence-electron chi connectivity index (χ1n) is 9.08. The molecule has 2 aromatic heterocycles. The summed E-state index contributed by atoms with van der Waals surface area (Å²) in [5.74, 6) is 1.53. The molecule has 0 saturated carbocycles. The van der Waals surface area contributed by atoms with Crippen molar-refractivity contribution in [3.8, 4) is 0 Å². The lowest BCUT2D eigenvalue weighted by Crippen LogP contribution is -2.24. The lowest BCUT2D eigenvalue weighted by atomic mass is 9.78. The van der Waals surface area contributed by atoms with Crippen molar-refractivity contribution >= 4 is 5.82 Å². The van der Waals surface area contributed by atoms with Crippen LogP contribution in [-0.2, 0) is 6.42 Å². The van der Waals surface area contributed by atoms with Gasteiger partial charge in [-0.05, 0) is 36.9 Å². The maximum absolute atomic E-state index is 10.1. The Labute approximate surface area is 153 Å². The Morgan fingerprint density at radius 1 is 1.42 bits per heavy atom. The van der Waals surface area contributed by atoms with Gasteiger partial charge < -0.3 is 15.7 Å². The number of anilines is 1. The molecule has 1 aliphatic rings. The first-order valence-corrected chi connectivity index (χ1v) is 9.08. The summed E-state index contributed by atoms with van der Waals surface area (Å²) in [4.78, 5) is 4.54. The van der Waals surface area contributed by atoms with Crippen LogP contribution in [0.4, 0.5) is 5.82 Å². The zero-order chi connectivity index (χ0) is 18.5. The summed E-state index contributed by atoms with van der Waals surface area (Å²) in [5, 5.41) is 31.4. The maximum Gasteiger partial charge on any atom is 0.178 e. The molecule has 0 amide bonds. The molecule has 8 nitrogen and oxygen atoms in total. The van der Waals surface area contributed by atoms with E-state index in [1.54, 1.807) is 0 Å². The number of nitrogens with one attached hydrogen (secondary N) is 3. The van der Waals surface area contributed by atoms with Crippen molar-refractivity contribution in [3.63, 3.8) is 0 Å². The third-order valence-electron chi connectivity index (χ3n) is 4.92. The highest BCUT2D eigenvalue weighted by atomic mass is 16.3. The summed E-state index contributed by atoms with van der Waals surface area (Å²) >= 11 is 0. The van der Waals surface area contributed by atoms with E-state index in [9.17, 15) is 5.11 Å². The van der Waals surface area contributed by atoms with Crippen molar-refractivity contribution in [2.45, 2.75) is 38.6 Å². The fraction of sp³-hybridized carbons (Fsp3) is 0.556. The Morgan fingerprint density at radius 2 is 2.27 bits per heavy atom. The summed E-state index contributed by atoms with van der Waals surface area (Å²) in [5.41, 5.74) is 1.06. The highest BCUT2D eigenvalue weighted by Gasteiger charge is 2.31. The van der Waals surface area contributed by atoms with Crippen molar-refractivity contribution in [1.29, 1.82) is 0 Å². The standard InChI is InChI=1S/C18H27N7O/c1-11(2)17(12(3)26)15(18-22-24-25-23-18)8-13-4-5-16(20-9-13)21-14-6-7-19-10-14/h4-5,9,11,14-15,17,19,26H,3,6-8,10H2,1-2H3,(H,20,21)(H,22,23,24,25)/t14?,15-,17+/m0/s1. The fourth-order valence-electron chi connectivity index (χ4n) is 3.66. The van der Waals surface area contributed by atoms with Gasteiger partial charge in [-0.1, -0.05) is 31.7 Å². The van der Waals surface area contributed by atoms with Crippen LogP contribution in [0.2, 0.25) is 0 Å². The second-order valence-electron chi connectivity index (χ2n) is 7.23. The smallest absolute Gasteiger partial charge is 0.178 e. The molecule has 26 heavy (non-hydrogen) atoms. The van der Waals surface area contributed by atoms with Gasteiger partial charge >= 0.3 is 0 Å². The van der Waals surface area contributed by atoms with Gasteiger partial charge in [0.15, 0.2) is 5.82 Å². The first-order chi connectivity index (χ1) is 12.5. The fourth-order valence-corrected chi connectivity index (χ4v) is 3.66. The van der Waals surface area contributed by atoms with Gasteiger partial charge in [0, 0.05) is 30.6 Å². The predicted octanol–water partition coefficient (Wildman–Crippen LogP) is 2.04. The van der Waals surface area contributed by atoms with Crippen LogP contribution in [0.5, 0.6) is 0 Å². The largest absolute Gasteiger partial charge is 0.513 e. The number of pyridine rings is 1. The molecule has 1 unspecified atom stereocenters. The van der Waals surface area contributed by atoms with E-state index >= 15 is 0 Å². The normalized spacial score (nSPS) is 19.4. The maximum atomic E-state index is 10.1. The molecule has 1 saturated heterocycles. The van der Waals surface area contributed by atoms with Gasteiger partial charge in [0.05, 0.1) is 5.76 Å². The molecule has 0 radical (unpaired) electrons. The number of hydrogen-bond donors (Lipinski definition) is 4. The van der Waals surface area contributed by atoms with Gasteiger partial charge in [0.2, 0.25) is 0 Å². The molecule has 8 heteroatoms. The van der Waals surface area contributed by atoms with Crippen molar-refractivity contribution in [1.82, 2.24) is 30.9 Å². The molecule has 0 aromatic carbocycles. The number of aliphatic hydroxyl groups is 1. The summed E-state index contributed by atoms with van der Waals surface area (Å²) in [7, 11) is 0. The van der Waals surface area contributed by atoms with Crippen LogP contribution in [0.1, 0.15) is 37.6 Å². The van der Waals surface area contributed by atoms with Crippen LogP contribution < -0.4 is 10.6 Å². The van der Waals surface area contributed by atoms with Gasteiger partial charge in [-0.15, -0.1) is 10.2 Å². The summed E-state index contributed by atoms with van der Waals surface area (Å²) in [6.07, 6.45) is 3.63. The summed E-state index contributed by atoms with van der Waals surface area (Å²) in [6, 6.07) is 4.49. The van der Waals surface area contributed by atoms with Crippen molar-refractivity contribution < 1.29 is 5.11 Å². The van der Waals surface area contributed by atoms with E-state index in [0.29, 0.717) is 18.3 Å². The van der Waals surface area contributed by atoms with Gasteiger partial charge in [0.25, 0.3) is 0 Å². The molecule has 3 heterocycles. The molecule has 0 spiro atoms. The second-order valence-corrected chi connectivity index (χ2v) is 7.23. The minimum absolute atomic E-state index is 0.120. The molecule has 0 bridgehead atoms. The number of tetrazole rings is 1. The minimum Gasteiger partial charge on any atom is -0.513 e. The van der Waals surface area contributed by atoms with Crippen LogP contribution in [0.15, 0.2) is 30.7 Å². The van der Waals surface area contributed by atoms with Crippen molar-refractivity contribution in [2.75, 3.05) is 18.4 Å². The number of nitrogens with zero attached hydrogens (tertiary/aromatic N) is 4. The van der Waals surface area contributed by atoms with Crippen molar-refractivity contribution in [2.24, 2.45) is 11.8 Å². The molecule has 3 rings (SSSR count). The highest BCUT2D eigenvalue weighted by Crippen LogP contribution is 2.35. The van der Waals surface area contributed by atoms with Crippen molar-refractivity contribution in [3.05, 3.63) is 42.1 Å². The molecular weight excluding hydrogens is 330 g/mol. The molecule has 3 atom stereocenters. The van der Waals surface area contributed by atoms with Crippen LogP contribution in [-0.4, -0.2) is 49.8 Å². The van der Waals surface area contributed by atoms with Gasteiger partial charge in [-0.3, -0.25) is 0 Å². The average Bonchev–Trinajstić information content (AvgIpc) is 3.28. The lowest BCUT2D eigenvalue weighted by Gasteiger charge is -2.27. The van der Waals surface area contributed by atoms with Gasteiger partial charge in [0.1, 0.15) is 5.82 Å². The molecular formula is C18H27N7O. The van der Waals surface area contributed by atoms with E-state index in [0.717, 1.165) is 30.9 Å². The lowest BCUT2D eigenvalue weighted by molar-refractivity contribution is 0.243. The van der Waals surface area contributed by atoms with E-state index in [2.05, 4.69) is 62.7 Å². The molecule has 2 aromatic rings. The van der Waals surface area contributed by atoms with Gasteiger partial charge in [-0.2, -0.15) is 5.21 Å². The zero-order valence-corrected chi connectivity index (χ0v) is 15.3. The number of aromatic nitrogens is 5. The number of rotatable bonds is 8. The van der Waals surface area contributed by atoms with E-state index in [-0.39, 0.29) is 23.5 Å². The Kier molecular flexibility index (Phi) is 5.82. The first kappa shape index (κ1) is 18.3. The Bertz CT molecular complexity index is 693. The van der Waals surface area contributed by atoms with E-state index < -0.39 is 0 Å². The average molecular weight is 357 g/mol. The van der Waals surface area contributed by atoms with E-state index in [1.165, 1.54) is 0 Å². The molecule has 140 valence electrons. The second kappa shape index (κ2) is 8.27. The number of H-pyrrole nitrogens is 1. The zero-order valence-electron chi connectivity index (χ0n) is 15.3. The van der Waals surface area contributed by atoms with Crippen LogP contribution in [0.3, 0.4) is 0 Å². The topological polar surface area (TPSA) is 112 Å². The highest BCUT2D eigenvalue weighted by molar-refractivity contribution is 5.37. The Balaban J connectivity index is 1.75. The number of aliphatic hydroxyl groups excluding tert-OH is 1. The number of hydrogen-bond acceptors (Lipinski definition) is 7. The predicted molar refractivity (Wildman–Crippen MR) is 99.9 cm³/mol. The molecule has 1 aliphatic heterocycles. The number of aromatic amines is 1. The molecule has 0 aliphatic carbocycles. The SMILES string of the molecule is C=C(O)[C@@H](C(C)C)[C@H](Cc1ccc(NC2CCNC2)nc1)c1nn[nH]n1. The van der Waals surface area contributed by atoms with Crippen LogP contribution >= 0.6 is 0 Å². The Hall–Kier alpha value is -2.48. The quantitative estimate of drug-likeness (QED) is 0.535. The number of allylic oxidation sites excluding steroid dienone is 1. The van der Waals surface area contributed by atoms with Crippen LogP contribution in [0, 0.1) is 11.8 Å². The minimum atomic E-state index is -0.157. The third kappa shape index (κ3) is 4.37. The third-order valence-corrected chi connectivity index (χ3v) is 4.92. The van der Waals surface area contributed by atoms with E-state index in [1.807, 2.05) is 12.3 Å². The summed E-state index contributed by atoms with van der Waals surface area (Å²) < 4.78 is 0. The Morgan fingerprint density at radius 3 is 2.81 bits per heavy atom. The van der Waals surface area contributed by atoms with Crippen LogP contribution in [0.25, 0.3) is 0 Å². The summed E-state index contributed by atoms with van der Waals surface area (Å²) in [6.45, 7) is 9.89. The van der Waals surface area contributed by atoms with Gasteiger partial charge in [-0.25, -0.2) is 4.98 Å². The van der Waals surface area contributed by atoms with E-state index in [4.69, 9.17) is 0 Å². The molecule has 4 N–H and O–H groups in total. The molecule has 1 fully saturated rings. The monoisotopic (exact) mass is 357 g/mol.